The fraction of sp³-hybridized carbons (Fsp3) is 0.476. The van der Waals surface area contributed by atoms with Crippen LogP contribution in [-0.4, -0.2) is 47.6 Å². The Labute approximate surface area is 199 Å². The lowest BCUT2D eigenvalue weighted by Gasteiger charge is -2.33. The van der Waals surface area contributed by atoms with Crippen molar-refractivity contribution in [3.8, 4) is 11.5 Å². The Hall–Kier alpha value is -1.85. The van der Waals surface area contributed by atoms with Crippen molar-refractivity contribution in [1.82, 2.24) is 9.55 Å². The van der Waals surface area contributed by atoms with Crippen LogP contribution >= 0.6 is 34.2 Å². The first-order valence-corrected chi connectivity index (χ1v) is 11.1. The molecule has 0 radical (unpaired) electrons. The molecule has 10 heteroatoms. The minimum Gasteiger partial charge on any atom is -0.490 e. The maximum atomic E-state index is 11.8. The first-order valence-electron chi connectivity index (χ1n) is 9.60. The zero-order chi connectivity index (χ0) is 23.2. The van der Waals surface area contributed by atoms with Crippen molar-refractivity contribution in [3.63, 3.8) is 0 Å². The minimum atomic E-state index is -1.26. The number of carbonyl (C=O) groups is 1. The molecule has 0 aliphatic heterocycles. The molecule has 2 aromatic rings. The summed E-state index contributed by atoms with van der Waals surface area (Å²) in [6, 6.07) is 2.68. The van der Waals surface area contributed by atoms with Crippen LogP contribution in [0.15, 0.2) is 29.3 Å². The maximum Gasteiger partial charge on any atom is 0.341 e. The third kappa shape index (κ3) is 7.08. The lowest BCUT2D eigenvalue weighted by atomic mass is 9.87. The molecule has 0 saturated carbocycles. The summed E-state index contributed by atoms with van der Waals surface area (Å²) in [5.74, 6) is -0.350. The van der Waals surface area contributed by atoms with Gasteiger partial charge < -0.3 is 23.9 Å². The largest absolute Gasteiger partial charge is 0.490 e. The van der Waals surface area contributed by atoms with Gasteiger partial charge in [0.1, 0.15) is 15.9 Å². The summed E-state index contributed by atoms with van der Waals surface area (Å²) in [7, 11) is 1.62. The van der Waals surface area contributed by atoms with Gasteiger partial charge in [-0.25, -0.2) is 9.78 Å². The summed E-state index contributed by atoms with van der Waals surface area (Å²) < 4.78 is 19.0. The van der Waals surface area contributed by atoms with Crippen LogP contribution in [-0.2, 0) is 4.74 Å². The molecule has 0 aliphatic carbocycles. The summed E-state index contributed by atoms with van der Waals surface area (Å²) in [6.45, 7) is 7.24. The van der Waals surface area contributed by atoms with Crippen molar-refractivity contribution in [2.75, 3.05) is 26.9 Å². The number of carboxylic acids is 1. The van der Waals surface area contributed by atoms with Gasteiger partial charge in [0.15, 0.2) is 22.1 Å². The molecule has 0 saturated heterocycles. The number of hydrogen-bond acceptors (Lipinski definition) is 6. The van der Waals surface area contributed by atoms with Crippen molar-refractivity contribution in [2.45, 2.75) is 33.2 Å². The van der Waals surface area contributed by atoms with Gasteiger partial charge in [-0.3, -0.25) is 4.79 Å². The fourth-order valence-corrected chi connectivity index (χ4v) is 3.72. The molecule has 0 spiro atoms. The molecule has 0 amide bonds. The maximum absolute atomic E-state index is 11.8. The molecule has 0 aromatic carbocycles. The summed E-state index contributed by atoms with van der Waals surface area (Å²) in [4.78, 5) is 27.5. The number of aromatic carboxylic acids is 1. The van der Waals surface area contributed by atoms with Crippen LogP contribution < -0.4 is 14.9 Å². The van der Waals surface area contributed by atoms with Crippen molar-refractivity contribution in [2.24, 2.45) is 5.41 Å². The Bertz CT molecular complexity index is 973. The third-order valence-electron chi connectivity index (χ3n) is 4.54. The first-order chi connectivity index (χ1) is 14.5. The van der Waals surface area contributed by atoms with Crippen LogP contribution in [0.5, 0.6) is 11.5 Å². The first kappa shape index (κ1) is 25.4. The van der Waals surface area contributed by atoms with E-state index in [2.05, 4.69) is 4.98 Å². The number of hydrogen-bond donors (Lipinski definition) is 1. The summed E-state index contributed by atoms with van der Waals surface area (Å²) in [5.41, 5.74) is -1.12. The molecule has 1 N–H and O–H groups in total. The van der Waals surface area contributed by atoms with Crippen LogP contribution in [0, 0.1) is 9.12 Å². The number of carboxylic acid groups (broad SMARTS) is 1. The summed E-state index contributed by atoms with van der Waals surface area (Å²) in [6.07, 6.45) is 3.63. The molecular formula is C21H26ClIN2O6. The molecule has 2 aromatic heterocycles. The van der Waals surface area contributed by atoms with Gasteiger partial charge in [-0.2, -0.15) is 0 Å². The molecule has 2 heterocycles. The molecule has 2 rings (SSSR count). The number of halogens is 2. The third-order valence-corrected chi connectivity index (χ3v) is 5.59. The van der Waals surface area contributed by atoms with Gasteiger partial charge >= 0.3 is 5.97 Å². The Balaban J connectivity index is 2.25. The topological polar surface area (TPSA) is 99.9 Å². The zero-order valence-corrected chi connectivity index (χ0v) is 20.8. The van der Waals surface area contributed by atoms with Gasteiger partial charge in [0.2, 0.25) is 0 Å². The van der Waals surface area contributed by atoms with Crippen LogP contribution in [0.25, 0.3) is 0 Å². The lowest BCUT2D eigenvalue weighted by Crippen LogP contribution is -2.31. The van der Waals surface area contributed by atoms with Crippen LogP contribution in [0.1, 0.15) is 43.6 Å². The van der Waals surface area contributed by atoms with E-state index in [0.29, 0.717) is 34.8 Å². The SMILES string of the molecule is COCCCOc1cc(OCC(n2ccc(=O)c(C(=O)O)c2)C(C)(C)C)c(I)nc1Cl. The lowest BCUT2D eigenvalue weighted by molar-refractivity contribution is 0.0692. The summed E-state index contributed by atoms with van der Waals surface area (Å²) in [5, 5.41) is 9.54. The highest BCUT2D eigenvalue weighted by atomic mass is 127. The number of methoxy groups -OCH3 is 1. The molecule has 170 valence electrons. The van der Waals surface area contributed by atoms with Crippen molar-refractivity contribution in [3.05, 3.63) is 49.2 Å². The Morgan fingerprint density at radius 1 is 1.29 bits per heavy atom. The minimum absolute atomic E-state index is 0.216. The second-order valence-electron chi connectivity index (χ2n) is 7.93. The van der Waals surface area contributed by atoms with E-state index in [1.807, 2.05) is 43.4 Å². The second-order valence-corrected chi connectivity index (χ2v) is 9.31. The highest BCUT2D eigenvalue weighted by Gasteiger charge is 2.28. The highest BCUT2D eigenvalue weighted by Crippen LogP contribution is 2.34. The van der Waals surface area contributed by atoms with E-state index in [9.17, 15) is 14.7 Å². The van der Waals surface area contributed by atoms with Gasteiger partial charge in [-0.15, -0.1) is 0 Å². The van der Waals surface area contributed by atoms with Crippen LogP contribution in [0.2, 0.25) is 5.15 Å². The van der Waals surface area contributed by atoms with E-state index in [0.717, 1.165) is 0 Å². The van der Waals surface area contributed by atoms with Gasteiger partial charge in [0.25, 0.3) is 0 Å². The van der Waals surface area contributed by atoms with Gasteiger partial charge in [0.05, 0.1) is 12.6 Å². The van der Waals surface area contributed by atoms with Crippen molar-refractivity contribution < 1.29 is 24.1 Å². The second kappa shape index (κ2) is 11.1. The Kier molecular flexibility index (Phi) is 9.14. The van der Waals surface area contributed by atoms with Crippen LogP contribution in [0.4, 0.5) is 0 Å². The highest BCUT2D eigenvalue weighted by molar-refractivity contribution is 14.1. The van der Waals surface area contributed by atoms with Crippen LogP contribution in [0.3, 0.4) is 0 Å². The fourth-order valence-electron chi connectivity index (χ4n) is 2.83. The number of ether oxygens (including phenoxy) is 3. The Morgan fingerprint density at radius 2 is 2.00 bits per heavy atom. The predicted molar refractivity (Wildman–Crippen MR) is 126 cm³/mol. The average molecular weight is 565 g/mol. The molecule has 1 unspecified atom stereocenters. The van der Waals surface area contributed by atoms with E-state index in [1.54, 1.807) is 23.9 Å². The van der Waals surface area contributed by atoms with E-state index in [4.69, 9.17) is 25.8 Å². The average Bonchev–Trinajstić information content (AvgIpc) is 2.67. The number of nitrogens with zero attached hydrogens (tertiary/aromatic N) is 2. The molecule has 0 aliphatic rings. The molecule has 8 nitrogen and oxygen atoms in total. The number of rotatable bonds is 10. The monoisotopic (exact) mass is 564 g/mol. The Morgan fingerprint density at radius 3 is 2.61 bits per heavy atom. The molecule has 31 heavy (non-hydrogen) atoms. The predicted octanol–water partition coefficient (Wildman–Crippen LogP) is 4.28. The van der Waals surface area contributed by atoms with Gasteiger partial charge in [0, 0.05) is 44.7 Å². The molecular weight excluding hydrogens is 539 g/mol. The summed E-state index contributed by atoms with van der Waals surface area (Å²) >= 11 is 8.22. The smallest absolute Gasteiger partial charge is 0.341 e. The van der Waals surface area contributed by atoms with Gasteiger partial charge in [-0.1, -0.05) is 32.4 Å². The van der Waals surface area contributed by atoms with E-state index < -0.39 is 11.4 Å². The standard InChI is InChI=1S/C21H26ClIN2O6/c1-21(2,3)17(25-7-6-14(26)13(11-25)20(27)28)12-31-16-10-15(18(22)24-19(16)23)30-9-5-8-29-4/h6-7,10-11,17H,5,8-9,12H2,1-4H3,(H,27,28). The normalized spacial score (nSPS) is 12.5. The van der Waals surface area contributed by atoms with Crippen molar-refractivity contribution >= 4 is 40.2 Å². The molecule has 0 fully saturated rings. The number of pyridine rings is 2. The van der Waals surface area contributed by atoms with E-state index >= 15 is 0 Å². The van der Waals surface area contributed by atoms with Gasteiger partial charge in [-0.05, 0) is 28.0 Å². The van der Waals surface area contributed by atoms with E-state index in [1.165, 1.54) is 12.3 Å². The van der Waals surface area contributed by atoms with Crippen molar-refractivity contribution in [1.29, 1.82) is 0 Å². The van der Waals surface area contributed by atoms with E-state index in [-0.39, 0.29) is 28.8 Å². The quantitative estimate of drug-likeness (QED) is 0.261. The number of aromatic nitrogens is 2. The molecule has 0 bridgehead atoms. The molecule has 1 atom stereocenters. The zero-order valence-electron chi connectivity index (χ0n) is 17.9.